The molecule has 0 radical (unpaired) electrons. The first kappa shape index (κ1) is 10.3. The number of benzene rings is 1. The van der Waals surface area contributed by atoms with Gasteiger partial charge in [-0.15, -0.1) is 0 Å². The lowest BCUT2D eigenvalue weighted by molar-refractivity contribution is 0.298. The van der Waals surface area contributed by atoms with Gasteiger partial charge in [-0.05, 0) is 30.2 Å². The van der Waals surface area contributed by atoms with Crippen LogP contribution < -0.4 is 5.73 Å². The highest BCUT2D eigenvalue weighted by Crippen LogP contribution is 2.37. The summed E-state index contributed by atoms with van der Waals surface area (Å²) < 4.78 is 0. The smallest absolute Gasteiger partial charge is 0.0233 e. The molecule has 2 fully saturated rings. The van der Waals surface area contributed by atoms with E-state index in [0.717, 1.165) is 18.4 Å². The molecule has 2 heteroatoms. The molecule has 0 amide bonds. The summed E-state index contributed by atoms with van der Waals surface area (Å²) in [5.74, 6) is 1.64. The van der Waals surface area contributed by atoms with Gasteiger partial charge in [0.2, 0.25) is 0 Å². The van der Waals surface area contributed by atoms with Gasteiger partial charge in [-0.1, -0.05) is 30.3 Å². The lowest BCUT2D eigenvalue weighted by Gasteiger charge is -2.18. The molecule has 86 valence electrons. The third kappa shape index (κ3) is 1.87. The summed E-state index contributed by atoms with van der Waals surface area (Å²) in [6, 6.07) is 11.2. The maximum absolute atomic E-state index is 6.15. The van der Waals surface area contributed by atoms with Crippen molar-refractivity contribution in [3.63, 3.8) is 0 Å². The van der Waals surface area contributed by atoms with Gasteiger partial charge in [-0.2, -0.15) is 0 Å². The van der Waals surface area contributed by atoms with Crippen molar-refractivity contribution < 1.29 is 0 Å². The SMILES string of the molecule is N[C@H]1CC[C@@H]2CN(Cc3ccccc3)C[C@H]21. The molecule has 2 aliphatic rings. The van der Waals surface area contributed by atoms with Crippen molar-refractivity contribution in [2.24, 2.45) is 17.6 Å². The minimum Gasteiger partial charge on any atom is -0.327 e. The zero-order valence-corrected chi connectivity index (χ0v) is 9.68. The highest BCUT2D eigenvalue weighted by Gasteiger charge is 2.40. The van der Waals surface area contributed by atoms with Gasteiger partial charge in [0.15, 0.2) is 0 Å². The van der Waals surface area contributed by atoms with Crippen LogP contribution in [-0.4, -0.2) is 24.0 Å². The summed E-state index contributed by atoms with van der Waals surface area (Å²) in [6.45, 7) is 3.56. The van der Waals surface area contributed by atoms with E-state index in [1.54, 1.807) is 0 Å². The predicted octanol–water partition coefficient (Wildman–Crippen LogP) is 1.86. The van der Waals surface area contributed by atoms with Crippen molar-refractivity contribution in [3.05, 3.63) is 35.9 Å². The Morgan fingerprint density at radius 3 is 2.69 bits per heavy atom. The van der Waals surface area contributed by atoms with Crippen molar-refractivity contribution in [3.8, 4) is 0 Å². The molecule has 3 atom stereocenters. The Morgan fingerprint density at radius 1 is 1.12 bits per heavy atom. The molecule has 1 saturated heterocycles. The third-order valence-corrected chi connectivity index (χ3v) is 4.24. The second kappa shape index (κ2) is 4.19. The Bertz CT molecular complexity index is 349. The molecular formula is C14H20N2. The minimum absolute atomic E-state index is 0.464. The minimum atomic E-state index is 0.464. The van der Waals surface area contributed by atoms with Gasteiger partial charge >= 0.3 is 0 Å². The van der Waals surface area contributed by atoms with Crippen molar-refractivity contribution in [2.75, 3.05) is 13.1 Å². The topological polar surface area (TPSA) is 29.3 Å². The van der Waals surface area contributed by atoms with Crippen molar-refractivity contribution in [1.29, 1.82) is 0 Å². The molecule has 2 nitrogen and oxygen atoms in total. The molecular weight excluding hydrogens is 196 g/mol. The fourth-order valence-electron chi connectivity index (χ4n) is 3.37. The van der Waals surface area contributed by atoms with E-state index in [-0.39, 0.29) is 0 Å². The Labute approximate surface area is 97.4 Å². The molecule has 16 heavy (non-hydrogen) atoms. The lowest BCUT2D eigenvalue weighted by Crippen LogP contribution is -2.30. The Kier molecular flexibility index (Phi) is 2.70. The van der Waals surface area contributed by atoms with Crippen molar-refractivity contribution in [2.45, 2.75) is 25.4 Å². The van der Waals surface area contributed by atoms with E-state index in [4.69, 9.17) is 5.73 Å². The van der Waals surface area contributed by atoms with Gasteiger partial charge < -0.3 is 5.73 Å². The maximum atomic E-state index is 6.15. The summed E-state index contributed by atoms with van der Waals surface area (Å²) in [5, 5.41) is 0. The average Bonchev–Trinajstić information content (AvgIpc) is 2.83. The Hall–Kier alpha value is -0.860. The first-order chi connectivity index (χ1) is 7.83. The van der Waals surface area contributed by atoms with Crippen LogP contribution in [0.2, 0.25) is 0 Å². The van der Waals surface area contributed by atoms with Crippen LogP contribution in [0.3, 0.4) is 0 Å². The first-order valence-electron chi connectivity index (χ1n) is 6.35. The second-order valence-electron chi connectivity index (χ2n) is 5.34. The van der Waals surface area contributed by atoms with Crippen molar-refractivity contribution in [1.82, 2.24) is 4.90 Å². The fraction of sp³-hybridized carbons (Fsp3) is 0.571. The van der Waals surface area contributed by atoms with Crippen molar-refractivity contribution >= 4 is 0 Å². The number of nitrogens with zero attached hydrogens (tertiary/aromatic N) is 1. The van der Waals surface area contributed by atoms with Crippen LogP contribution in [0.5, 0.6) is 0 Å². The fourth-order valence-corrected chi connectivity index (χ4v) is 3.37. The first-order valence-corrected chi connectivity index (χ1v) is 6.35. The number of rotatable bonds is 2. The quantitative estimate of drug-likeness (QED) is 0.817. The molecule has 1 aromatic carbocycles. The van der Waals surface area contributed by atoms with E-state index in [0.29, 0.717) is 6.04 Å². The monoisotopic (exact) mass is 216 g/mol. The summed E-state index contributed by atoms with van der Waals surface area (Å²) in [4.78, 5) is 2.57. The largest absolute Gasteiger partial charge is 0.327 e. The van der Waals surface area contributed by atoms with E-state index in [2.05, 4.69) is 35.2 Å². The predicted molar refractivity (Wildman–Crippen MR) is 65.9 cm³/mol. The van der Waals surface area contributed by atoms with Crippen LogP contribution in [0.25, 0.3) is 0 Å². The van der Waals surface area contributed by atoms with Crippen LogP contribution >= 0.6 is 0 Å². The van der Waals surface area contributed by atoms with Crippen LogP contribution in [0.4, 0.5) is 0 Å². The Balaban J connectivity index is 1.63. The molecule has 0 spiro atoms. The third-order valence-electron chi connectivity index (χ3n) is 4.24. The van der Waals surface area contributed by atoms with Gasteiger partial charge in [0.05, 0.1) is 0 Å². The molecule has 0 unspecified atom stereocenters. The molecule has 0 aromatic heterocycles. The van der Waals surface area contributed by atoms with Gasteiger partial charge in [-0.25, -0.2) is 0 Å². The van der Waals surface area contributed by atoms with E-state index in [1.807, 2.05) is 0 Å². The highest BCUT2D eigenvalue weighted by atomic mass is 15.2. The van der Waals surface area contributed by atoms with Crippen LogP contribution in [0.1, 0.15) is 18.4 Å². The summed E-state index contributed by atoms with van der Waals surface area (Å²) >= 11 is 0. The number of nitrogens with two attached hydrogens (primary N) is 1. The van der Waals surface area contributed by atoms with Gasteiger partial charge in [0.1, 0.15) is 0 Å². The maximum Gasteiger partial charge on any atom is 0.0233 e. The van der Waals surface area contributed by atoms with E-state index in [1.165, 1.54) is 31.5 Å². The number of fused-ring (bicyclic) bond motifs is 1. The highest BCUT2D eigenvalue weighted by molar-refractivity contribution is 5.15. The molecule has 1 heterocycles. The zero-order valence-electron chi connectivity index (χ0n) is 9.68. The molecule has 1 saturated carbocycles. The summed E-state index contributed by atoms with van der Waals surface area (Å²) in [7, 11) is 0. The lowest BCUT2D eigenvalue weighted by atomic mass is 9.98. The van der Waals surface area contributed by atoms with Gasteiger partial charge in [-0.3, -0.25) is 4.90 Å². The van der Waals surface area contributed by atoms with Gasteiger partial charge in [0, 0.05) is 25.7 Å². The molecule has 3 rings (SSSR count). The van der Waals surface area contributed by atoms with E-state index in [9.17, 15) is 0 Å². The van der Waals surface area contributed by atoms with E-state index >= 15 is 0 Å². The number of hydrogen-bond donors (Lipinski definition) is 1. The van der Waals surface area contributed by atoms with Crippen LogP contribution in [0.15, 0.2) is 30.3 Å². The molecule has 1 aliphatic carbocycles. The number of likely N-dealkylation sites (tertiary alicyclic amines) is 1. The van der Waals surface area contributed by atoms with Crippen LogP contribution in [-0.2, 0) is 6.54 Å². The normalized spacial score (nSPS) is 34.2. The van der Waals surface area contributed by atoms with Gasteiger partial charge in [0.25, 0.3) is 0 Å². The summed E-state index contributed by atoms with van der Waals surface area (Å²) in [5.41, 5.74) is 7.58. The standard InChI is InChI=1S/C14H20N2/c15-14-7-6-12-9-16(10-13(12)14)8-11-4-2-1-3-5-11/h1-5,12-14H,6-10,15H2/t12-,13-,14+/m1/s1. The summed E-state index contributed by atoms with van der Waals surface area (Å²) in [6.07, 6.45) is 2.59. The Morgan fingerprint density at radius 2 is 1.94 bits per heavy atom. The van der Waals surface area contributed by atoms with Crippen LogP contribution in [0, 0.1) is 11.8 Å². The molecule has 1 aromatic rings. The average molecular weight is 216 g/mol. The van der Waals surface area contributed by atoms with E-state index < -0.39 is 0 Å². The zero-order chi connectivity index (χ0) is 11.0. The number of hydrogen-bond acceptors (Lipinski definition) is 2. The second-order valence-corrected chi connectivity index (χ2v) is 5.34. The molecule has 0 bridgehead atoms. The molecule has 1 aliphatic heterocycles. The molecule has 2 N–H and O–H groups in total.